The summed E-state index contributed by atoms with van der Waals surface area (Å²) in [5.74, 6) is 1.30. The topological polar surface area (TPSA) is 32.3 Å². The predicted molar refractivity (Wildman–Crippen MR) is 67.4 cm³/mol. The van der Waals surface area contributed by atoms with Crippen LogP contribution in [0.25, 0.3) is 0 Å². The van der Waals surface area contributed by atoms with Gasteiger partial charge in [0.25, 0.3) is 0 Å². The van der Waals surface area contributed by atoms with Crippen molar-refractivity contribution >= 4 is 18.3 Å². The Morgan fingerprint density at radius 3 is 2.27 bits per heavy atom. The summed E-state index contributed by atoms with van der Waals surface area (Å²) in [6.45, 7) is 8.10. The smallest absolute Gasteiger partial charge is 0.222 e. The van der Waals surface area contributed by atoms with Gasteiger partial charge in [0.2, 0.25) is 5.91 Å². The fourth-order valence-electron chi connectivity index (χ4n) is 1.07. The highest BCUT2D eigenvalue weighted by Crippen LogP contribution is 2.14. The SMILES string of the molecule is CNCCN(C)C(=O)CC(C)C(C)C.Cl. The second-order valence-corrected chi connectivity index (χ2v) is 4.34. The zero-order valence-electron chi connectivity index (χ0n) is 10.5. The first-order valence-corrected chi connectivity index (χ1v) is 5.37. The van der Waals surface area contributed by atoms with Gasteiger partial charge in [-0.1, -0.05) is 20.8 Å². The van der Waals surface area contributed by atoms with Crippen LogP contribution in [0.15, 0.2) is 0 Å². The summed E-state index contributed by atoms with van der Waals surface area (Å²) in [5, 5.41) is 3.04. The van der Waals surface area contributed by atoms with Gasteiger partial charge in [0.15, 0.2) is 0 Å². The van der Waals surface area contributed by atoms with Gasteiger partial charge < -0.3 is 10.2 Å². The van der Waals surface area contributed by atoms with Crippen LogP contribution in [0.4, 0.5) is 0 Å². The first-order valence-electron chi connectivity index (χ1n) is 5.37. The van der Waals surface area contributed by atoms with Crippen LogP contribution in [-0.4, -0.2) is 38.0 Å². The molecule has 0 spiro atoms. The van der Waals surface area contributed by atoms with E-state index in [1.807, 2.05) is 14.1 Å². The minimum Gasteiger partial charge on any atom is -0.344 e. The molecule has 0 aliphatic carbocycles. The van der Waals surface area contributed by atoms with E-state index >= 15 is 0 Å². The van der Waals surface area contributed by atoms with E-state index in [2.05, 4.69) is 26.1 Å². The fourth-order valence-corrected chi connectivity index (χ4v) is 1.07. The molecule has 0 aromatic heterocycles. The van der Waals surface area contributed by atoms with Crippen molar-refractivity contribution < 1.29 is 4.79 Å². The quantitative estimate of drug-likeness (QED) is 0.763. The van der Waals surface area contributed by atoms with E-state index < -0.39 is 0 Å². The molecule has 3 nitrogen and oxygen atoms in total. The Morgan fingerprint density at radius 2 is 1.87 bits per heavy atom. The molecule has 0 radical (unpaired) electrons. The Balaban J connectivity index is 0. The van der Waals surface area contributed by atoms with Gasteiger partial charge in [-0.2, -0.15) is 0 Å². The molecule has 0 aliphatic rings. The number of likely N-dealkylation sites (N-methyl/N-ethyl adjacent to an activating group) is 2. The van der Waals surface area contributed by atoms with Crippen molar-refractivity contribution in [2.24, 2.45) is 11.8 Å². The molecule has 0 bridgehead atoms. The van der Waals surface area contributed by atoms with E-state index in [1.165, 1.54) is 0 Å². The molecule has 0 heterocycles. The molecule has 0 saturated heterocycles. The summed E-state index contributed by atoms with van der Waals surface area (Å²) in [6, 6.07) is 0. The van der Waals surface area contributed by atoms with E-state index in [9.17, 15) is 4.79 Å². The van der Waals surface area contributed by atoms with Gasteiger partial charge in [-0.15, -0.1) is 12.4 Å². The van der Waals surface area contributed by atoms with Crippen molar-refractivity contribution in [3.8, 4) is 0 Å². The number of nitrogens with one attached hydrogen (secondary N) is 1. The number of nitrogens with zero attached hydrogens (tertiary/aromatic N) is 1. The van der Waals surface area contributed by atoms with Gasteiger partial charge in [0.05, 0.1) is 0 Å². The molecule has 0 saturated carbocycles. The third-order valence-electron chi connectivity index (χ3n) is 2.76. The second-order valence-electron chi connectivity index (χ2n) is 4.34. The van der Waals surface area contributed by atoms with Crippen LogP contribution in [-0.2, 0) is 4.79 Å². The molecule has 0 aromatic rings. The number of carbonyl (C=O) groups excluding carboxylic acids is 1. The predicted octanol–water partition coefficient (Wildman–Crippen LogP) is 1.77. The van der Waals surface area contributed by atoms with Gasteiger partial charge in [-0.3, -0.25) is 4.79 Å². The van der Waals surface area contributed by atoms with Crippen LogP contribution < -0.4 is 5.32 Å². The van der Waals surface area contributed by atoms with Gasteiger partial charge in [-0.25, -0.2) is 0 Å². The summed E-state index contributed by atoms with van der Waals surface area (Å²) < 4.78 is 0. The van der Waals surface area contributed by atoms with Crippen molar-refractivity contribution in [1.82, 2.24) is 10.2 Å². The second kappa shape index (κ2) is 8.98. The van der Waals surface area contributed by atoms with Crippen LogP contribution in [0.3, 0.4) is 0 Å². The molecular formula is C11H25ClN2O. The Kier molecular flexibility index (Phi) is 10.3. The molecule has 0 aromatic carbocycles. The van der Waals surface area contributed by atoms with Crippen LogP contribution in [0.5, 0.6) is 0 Å². The molecule has 0 aliphatic heterocycles. The summed E-state index contributed by atoms with van der Waals surface area (Å²) in [5.41, 5.74) is 0. The summed E-state index contributed by atoms with van der Waals surface area (Å²) in [4.78, 5) is 13.5. The molecule has 1 N–H and O–H groups in total. The Morgan fingerprint density at radius 1 is 1.33 bits per heavy atom. The molecule has 15 heavy (non-hydrogen) atoms. The molecular weight excluding hydrogens is 212 g/mol. The first-order chi connectivity index (χ1) is 6.49. The number of carbonyl (C=O) groups is 1. The minimum absolute atomic E-state index is 0. The van der Waals surface area contributed by atoms with Crippen molar-refractivity contribution in [3.63, 3.8) is 0 Å². The number of rotatable bonds is 6. The lowest BCUT2D eigenvalue weighted by Crippen LogP contribution is -2.34. The van der Waals surface area contributed by atoms with Gasteiger partial charge in [0.1, 0.15) is 0 Å². The first kappa shape index (κ1) is 17.1. The van der Waals surface area contributed by atoms with Gasteiger partial charge in [0, 0.05) is 26.6 Å². The van der Waals surface area contributed by atoms with Crippen LogP contribution in [0.1, 0.15) is 27.2 Å². The normalized spacial score (nSPS) is 12.1. The van der Waals surface area contributed by atoms with E-state index in [0.29, 0.717) is 18.3 Å². The maximum absolute atomic E-state index is 11.7. The van der Waals surface area contributed by atoms with Gasteiger partial charge >= 0.3 is 0 Å². The maximum atomic E-state index is 11.7. The van der Waals surface area contributed by atoms with Crippen LogP contribution in [0.2, 0.25) is 0 Å². The van der Waals surface area contributed by atoms with E-state index in [0.717, 1.165) is 13.1 Å². The number of amides is 1. The molecule has 4 heteroatoms. The maximum Gasteiger partial charge on any atom is 0.222 e. The Labute approximate surface area is 100 Å². The fraction of sp³-hybridized carbons (Fsp3) is 0.909. The lowest BCUT2D eigenvalue weighted by molar-refractivity contribution is -0.131. The highest BCUT2D eigenvalue weighted by molar-refractivity contribution is 5.85. The molecule has 1 atom stereocenters. The average Bonchev–Trinajstić information content (AvgIpc) is 2.13. The lowest BCUT2D eigenvalue weighted by Gasteiger charge is -2.21. The van der Waals surface area contributed by atoms with E-state index in [1.54, 1.807) is 4.90 Å². The van der Waals surface area contributed by atoms with Gasteiger partial charge in [-0.05, 0) is 18.9 Å². The highest BCUT2D eigenvalue weighted by Gasteiger charge is 2.15. The number of halogens is 1. The standard InChI is InChI=1S/C11H24N2O.ClH/c1-9(2)10(3)8-11(14)13(5)7-6-12-4;/h9-10,12H,6-8H2,1-5H3;1H. The average molecular weight is 237 g/mol. The summed E-state index contributed by atoms with van der Waals surface area (Å²) in [7, 11) is 3.77. The van der Waals surface area contributed by atoms with E-state index in [-0.39, 0.29) is 18.3 Å². The summed E-state index contributed by atoms with van der Waals surface area (Å²) in [6.07, 6.45) is 0.665. The highest BCUT2D eigenvalue weighted by atomic mass is 35.5. The zero-order valence-corrected chi connectivity index (χ0v) is 11.4. The summed E-state index contributed by atoms with van der Waals surface area (Å²) >= 11 is 0. The Hall–Kier alpha value is -0.280. The third-order valence-corrected chi connectivity index (χ3v) is 2.76. The Bertz CT molecular complexity index is 174. The van der Waals surface area contributed by atoms with Crippen LogP contribution in [0, 0.1) is 11.8 Å². The molecule has 1 amide bonds. The lowest BCUT2D eigenvalue weighted by atomic mass is 9.94. The van der Waals surface area contributed by atoms with Crippen molar-refractivity contribution in [2.45, 2.75) is 27.2 Å². The largest absolute Gasteiger partial charge is 0.344 e. The number of hydrogen-bond acceptors (Lipinski definition) is 2. The van der Waals surface area contributed by atoms with Crippen molar-refractivity contribution in [2.75, 3.05) is 27.2 Å². The zero-order chi connectivity index (χ0) is 11.1. The van der Waals surface area contributed by atoms with Crippen molar-refractivity contribution in [1.29, 1.82) is 0 Å². The number of hydrogen-bond donors (Lipinski definition) is 1. The van der Waals surface area contributed by atoms with Crippen LogP contribution >= 0.6 is 12.4 Å². The molecule has 0 fully saturated rings. The third kappa shape index (κ3) is 7.63. The molecule has 0 rings (SSSR count). The van der Waals surface area contributed by atoms with Crippen molar-refractivity contribution in [3.05, 3.63) is 0 Å². The molecule has 1 unspecified atom stereocenters. The monoisotopic (exact) mass is 236 g/mol. The molecule has 92 valence electrons. The minimum atomic E-state index is 0. The van der Waals surface area contributed by atoms with E-state index in [4.69, 9.17) is 0 Å².